The molecule has 1 atom stereocenters. The van der Waals surface area contributed by atoms with Crippen molar-refractivity contribution in [1.82, 2.24) is 0 Å². The Labute approximate surface area is 95.6 Å². The number of hydrogen-bond acceptors (Lipinski definition) is 2. The predicted octanol–water partition coefficient (Wildman–Crippen LogP) is 2.51. The molecule has 0 saturated heterocycles. The van der Waals surface area contributed by atoms with Crippen LogP contribution in [0.3, 0.4) is 0 Å². The summed E-state index contributed by atoms with van der Waals surface area (Å²) in [6, 6.07) is 6.31. The number of benzene rings is 1. The van der Waals surface area contributed by atoms with E-state index >= 15 is 0 Å². The summed E-state index contributed by atoms with van der Waals surface area (Å²) in [6.45, 7) is 0.706. The molecule has 0 aromatic heterocycles. The summed E-state index contributed by atoms with van der Waals surface area (Å²) in [5, 5.41) is 10.2. The zero-order valence-corrected chi connectivity index (χ0v) is 9.28. The molecular weight excluding hydrogens is 200 g/mol. The van der Waals surface area contributed by atoms with E-state index in [9.17, 15) is 5.11 Å². The zero-order valence-electron chi connectivity index (χ0n) is 9.28. The summed E-state index contributed by atoms with van der Waals surface area (Å²) in [7, 11) is 0. The van der Waals surface area contributed by atoms with Crippen LogP contribution in [0.25, 0.3) is 0 Å². The Hall–Kier alpha value is -1.28. The SMILES string of the molecule is OC(C1=CCCO1)c1ccc2c(c1)CCC2. The second-order valence-corrected chi connectivity index (χ2v) is 4.53. The number of aliphatic hydroxyl groups is 1. The number of fused-ring (bicyclic) bond motifs is 1. The normalized spacial score (nSPS) is 20.2. The van der Waals surface area contributed by atoms with Crippen LogP contribution in [0.1, 0.15) is 35.6 Å². The lowest BCUT2D eigenvalue weighted by Gasteiger charge is -2.13. The Morgan fingerprint density at radius 3 is 2.88 bits per heavy atom. The molecule has 1 aromatic carbocycles. The van der Waals surface area contributed by atoms with E-state index in [1.165, 1.54) is 24.0 Å². The number of hydrogen-bond donors (Lipinski definition) is 1. The molecule has 16 heavy (non-hydrogen) atoms. The quantitative estimate of drug-likeness (QED) is 0.823. The number of ether oxygens (including phenoxy) is 1. The van der Waals surface area contributed by atoms with Gasteiger partial charge in [-0.2, -0.15) is 0 Å². The average Bonchev–Trinajstić information content (AvgIpc) is 2.98. The first-order valence-electron chi connectivity index (χ1n) is 5.97. The summed E-state index contributed by atoms with van der Waals surface area (Å²) >= 11 is 0. The molecule has 1 heterocycles. The van der Waals surface area contributed by atoms with E-state index < -0.39 is 6.10 Å². The van der Waals surface area contributed by atoms with Gasteiger partial charge in [0.2, 0.25) is 0 Å². The molecule has 84 valence electrons. The van der Waals surface area contributed by atoms with Gasteiger partial charge in [-0.15, -0.1) is 0 Å². The lowest BCUT2D eigenvalue weighted by molar-refractivity contribution is 0.119. The third-order valence-electron chi connectivity index (χ3n) is 3.44. The van der Waals surface area contributed by atoms with E-state index in [0.29, 0.717) is 6.61 Å². The lowest BCUT2D eigenvalue weighted by atomic mass is 10.0. The van der Waals surface area contributed by atoms with Crippen molar-refractivity contribution in [3.63, 3.8) is 0 Å². The highest BCUT2D eigenvalue weighted by molar-refractivity contribution is 5.37. The maximum Gasteiger partial charge on any atom is 0.136 e. The Kier molecular flexibility index (Phi) is 2.44. The van der Waals surface area contributed by atoms with E-state index in [4.69, 9.17) is 4.74 Å². The highest BCUT2D eigenvalue weighted by Gasteiger charge is 2.20. The second-order valence-electron chi connectivity index (χ2n) is 4.53. The van der Waals surface area contributed by atoms with Gasteiger partial charge in [0.05, 0.1) is 6.61 Å². The molecule has 2 heteroatoms. The lowest BCUT2D eigenvalue weighted by Crippen LogP contribution is -2.03. The molecule has 1 N–H and O–H groups in total. The molecule has 3 rings (SSSR count). The third kappa shape index (κ3) is 1.63. The smallest absolute Gasteiger partial charge is 0.136 e. The molecule has 1 unspecified atom stereocenters. The molecule has 1 aromatic rings. The highest BCUT2D eigenvalue weighted by Crippen LogP contribution is 2.30. The minimum absolute atomic E-state index is 0.576. The molecule has 1 aliphatic carbocycles. The van der Waals surface area contributed by atoms with Gasteiger partial charge in [0, 0.05) is 6.42 Å². The minimum atomic E-state index is -0.576. The molecular formula is C14H16O2. The van der Waals surface area contributed by atoms with Crippen LogP contribution < -0.4 is 0 Å². The van der Waals surface area contributed by atoms with Crippen molar-refractivity contribution >= 4 is 0 Å². The first-order chi connectivity index (χ1) is 7.84. The fourth-order valence-corrected chi connectivity index (χ4v) is 2.55. The summed E-state index contributed by atoms with van der Waals surface area (Å²) < 4.78 is 5.40. The fourth-order valence-electron chi connectivity index (χ4n) is 2.55. The van der Waals surface area contributed by atoms with Crippen LogP contribution in [0, 0.1) is 0 Å². The van der Waals surface area contributed by atoms with Crippen LogP contribution in [0.5, 0.6) is 0 Å². The zero-order chi connectivity index (χ0) is 11.0. The Balaban J connectivity index is 1.89. The topological polar surface area (TPSA) is 29.5 Å². The first kappa shape index (κ1) is 9.91. The highest BCUT2D eigenvalue weighted by atomic mass is 16.5. The Morgan fingerprint density at radius 2 is 2.06 bits per heavy atom. The van der Waals surface area contributed by atoms with E-state index in [0.717, 1.165) is 24.2 Å². The molecule has 0 spiro atoms. The van der Waals surface area contributed by atoms with Crippen molar-refractivity contribution in [2.24, 2.45) is 0 Å². The van der Waals surface area contributed by atoms with E-state index in [2.05, 4.69) is 12.1 Å². The number of rotatable bonds is 2. The first-order valence-corrected chi connectivity index (χ1v) is 5.97. The van der Waals surface area contributed by atoms with Crippen molar-refractivity contribution in [2.75, 3.05) is 6.61 Å². The second kappa shape index (κ2) is 3.95. The summed E-state index contributed by atoms with van der Waals surface area (Å²) in [6.07, 6.45) is 5.90. The standard InChI is InChI=1S/C14H16O2/c15-14(13-5-2-8-16-13)12-7-6-10-3-1-4-11(10)9-12/h5-7,9,14-15H,1-4,8H2. The van der Waals surface area contributed by atoms with Gasteiger partial charge < -0.3 is 9.84 Å². The third-order valence-corrected chi connectivity index (χ3v) is 3.44. The molecule has 1 aliphatic heterocycles. The molecule has 0 saturated carbocycles. The fraction of sp³-hybridized carbons (Fsp3) is 0.429. The van der Waals surface area contributed by atoms with Crippen LogP contribution in [0.15, 0.2) is 30.0 Å². The number of aliphatic hydroxyl groups excluding tert-OH is 1. The molecule has 0 amide bonds. The monoisotopic (exact) mass is 216 g/mol. The van der Waals surface area contributed by atoms with Gasteiger partial charge in [-0.05, 0) is 42.0 Å². The average molecular weight is 216 g/mol. The largest absolute Gasteiger partial charge is 0.495 e. The minimum Gasteiger partial charge on any atom is -0.495 e. The van der Waals surface area contributed by atoms with Crippen LogP contribution in [0.4, 0.5) is 0 Å². The van der Waals surface area contributed by atoms with Crippen LogP contribution in [-0.2, 0) is 17.6 Å². The number of aryl methyl sites for hydroxylation is 2. The van der Waals surface area contributed by atoms with Gasteiger partial charge in [-0.1, -0.05) is 18.2 Å². The van der Waals surface area contributed by atoms with Gasteiger partial charge in [0.15, 0.2) is 0 Å². The van der Waals surface area contributed by atoms with Crippen molar-refractivity contribution in [1.29, 1.82) is 0 Å². The van der Waals surface area contributed by atoms with Crippen molar-refractivity contribution in [2.45, 2.75) is 31.8 Å². The van der Waals surface area contributed by atoms with Crippen LogP contribution >= 0.6 is 0 Å². The molecule has 0 fully saturated rings. The summed E-state index contributed by atoms with van der Waals surface area (Å²) in [5.41, 5.74) is 3.81. The maximum atomic E-state index is 10.2. The van der Waals surface area contributed by atoms with E-state index in [1.807, 2.05) is 12.1 Å². The van der Waals surface area contributed by atoms with Gasteiger partial charge in [-0.3, -0.25) is 0 Å². The summed E-state index contributed by atoms with van der Waals surface area (Å²) in [5.74, 6) is 0.720. The maximum absolute atomic E-state index is 10.2. The van der Waals surface area contributed by atoms with Crippen molar-refractivity contribution < 1.29 is 9.84 Å². The van der Waals surface area contributed by atoms with E-state index in [-0.39, 0.29) is 0 Å². The van der Waals surface area contributed by atoms with Crippen LogP contribution in [-0.4, -0.2) is 11.7 Å². The van der Waals surface area contributed by atoms with Gasteiger partial charge >= 0.3 is 0 Å². The molecule has 2 nitrogen and oxygen atoms in total. The molecule has 0 radical (unpaired) electrons. The Morgan fingerprint density at radius 1 is 1.19 bits per heavy atom. The van der Waals surface area contributed by atoms with Gasteiger partial charge in [0.25, 0.3) is 0 Å². The predicted molar refractivity (Wildman–Crippen MR) is 62.1 cm³/mol. The van der Waals surface area contributed by atoms with E-state index in [1.54, 1.807) is 0 Å². The van der Waals surface area contributed by atoms with Crippen LogP contribution in [0.2, 0.25) is 0 Å². The Bertz CT molecular complexity index is 434. The van der Waals surface area contributed by atoms with Gasteiger partial charge in [-0.25, -0.2) is 0 Å². The molecule has 0 bridgehead atoms. The van der Waals surface area contributed by atoms with Gasteiger partial charge in [0.1, 0.15) is 11.9 Å². The molecule has 2 aliphatic rings. The summed E-state index contributed by atoms with van der Waals surface area (Å²) in [4.78, 5) is 0. The van der Waals surface area contributed by atoms with Crippen molar-refractivity contribution in [3.8, 4) is 0 Å². The van der Waals surface area contributed by atoms with Crippen molar-refractivity contribution in [3.05, 3.63) is 46.7 Å².